The van der Waals surface area contributed by atoms with E-state index < -0.39 is 5.97 Å². The fraction of sp³-hybridized carbons (Fsp3) is 0.296. The van der Waals surface area contributed by atoms with Crippen molar-refractivity contribution >= 4 is 23.3 Å². The molecule has 188 valence electrons. The van der Waals surface area contributed by atoms with Crippen LogP contribution in [-0.4, -0.2) is 42.5 Å². The predicted octanol–water partition coefficient (Wildman–Crippen LogP) is 5.22. The first-order valence-electron chi connectivity index (χ1n) is 11.4. The number of nitrogens with zero attached hydrogens (tertiary/aromatic N) is 2. The number of aromatic nitrogens is 1. The van der Waals surface area contributed by atoms with E-state index >= 15 is 0 Å². The van der Waals surface area contributed by atoms with Crippen LogP contribution in [0.3, 0.4) is 0 Å². The summed E-state index contributed by atoms with van der Waals surface area (Å²) < 4.78 is 12.8. The lowest BCUT2D eigenvalue weighted by Gasteiger charge is -2.26. The van der Waals surface area contributed by atoms with Crippen molar-refractivity contribution in [3.05, 3.63) is 81.2 Å². The summed E-state index contributed by atoms with van der Waals surface area (Å²) in [6.07, 6.45) is 2.87. The lowest BCUT2D eigenvalue weighted by molar-refractivity contribution is 0.0696. The van der Waals surface area contributed by atoms with Crippen LogP contribution >= 0.6 is 11.6 Å². The van der Waals surface area contributed by atoms with E-state index in [9.17, 15) is 14.9 Å². The minimum Gasteiger partial charge on any atom is -0.495 e. The molecule has 0 radical (unpaired) electrons. The summed E-state index contributed by atoms with van der Waals surface area (Å²) in [6.45, 7) is 2.40. The summed E-state index contributed by atoms with van der Waals surface area (Å²) >= 11 is 6.17. The number of benzene rings is 2. The van der Waals surface area contributed by atoms with Crippen LogP contribution in [-0.2, 0) is 4.74 Å². The van der Waals surface area contributed by atoms with Crippen molar-refractivity contribution in [3.8, 4) is 22.9 Å². The molecule has 1 aromatic heterocycles. The molecule has 0 fully saturated rings. The van der Waals surface area contributed by atoms with Gasteiger partial charge < -0.3 is 24.5 Å². The zero-order valence-electron chi connectivity index (χ0n) is 20.3. The van der Waals surface area contributed by atoms with Crippen molar-refractivity contribution in [2.24, 2.45) is 0 Å². The van der Waals surface area contributed by atoms with Gasteiger partial charge in [-0.1, -0.05) is 18.5 Å². The molecule has 0 aliphatic carbocycles. The first-order chi connectivity index (χ1) is 17.3. The Balaban J connectivity index is 2.00. The minimum atomic E-state index is -0.997. The number of carbonyl (C=O) groups is 1. The fourth-order valence-electron chi connectivity index (χ4n) is 4.02. The molecule has 3 rings (SSSR count). The van der Waals surface area contributed by atoms with Crippen molar-refractivity contribution < 1.29 is 19.4 Å². The molecular formula is C27H28ClN3O5. The Morgan fingerprint density at radius 2 is 1.89 bits per heavy atom. The Labute approximate surface area is 214 Å². The SMILES string of the molecule is CCC(CC(CNc1ccc(C(=O)O)cc1)n1cc(OC)c(-c2cc(Cl)ccc2C#N)cc1=O)OC. The second-order valence-corrected chi connectivity index (χ2v) is 8.66. The van der Waals surface area contributed by atoms with Crippen molar-refractivity contribution in [2.75, 3.05) is 26.1 Å². The van der Waals surface area contributed by atoms with E-state index in [2.05, 4.69) is 11.4 Å². The van der Waals surface area contributed by atoms with E-state index in [0.717, 1.165) is 12.1 Å². The number of carboxylic acids is 1. The molecule has 0 spiro atoms. The quantitative estimate of drug-likeness (QED) is 0.364. The van der Waals surface area contributed by atoms with Gasteiger partial charge in [-0.2, -0.15) is 5.26 Å². The third-order valence-corrected chi connectivity index (χ3v) is 6.28. The predicted molar refractivity (Wildman–Crippen MR) is 139 cm³/mol. The van der Waals surface area contributed by atoms with Gasteiger partial charge in [0.25, 0.3) is 5.56 Å². The van der Waals surface area contributed by atoms with E-state index in [-0.39, 0.29) is 23.3 Å². The van der Waals surface area contributed by atoms with Gasteiger partial charge in [-0.15, -0.1) is 0 Å². The summed E-state index contributed by atoms with van der Waals surface area (Å²) in [5.74, 6) is -0.571. The summed E-state index contributed by atoms with van der Waals surface area (Å²) in [5.41, 5.74) is 2.02. The number of nitrogens with one attached hydrogen (secondary N) is 1. The normalized spacial score (nSPS) is 12.4. The van der Waals surface area contributed by atoms with Crippen molar-refractivity contribution in [2.45, 2.75) is 31.9 Å². The lowest BCUT2D eigenvalue weighted by Crippen LogP contribution is -2.32. The molecule has 0 aliphatic rings. The molecule has 0 saturated heterocycles. The van der Waals surface area contributed by atoms with Crippen LogP contribution in [0, 0.1) is 11.3 Å². The number of rotatable bonds is 11. The first kappa shape index (κ1) is 26.8. The first-order valence-corrected chi connectivity index (χ1v) is 11.8. The highest BCUT2D eigenvalue weighted by atomic mass is 35.5. The smallest absolute Gasteiger partial charge is 0.335 e. The highest BCUT2D eigenvalue weighted by Gasteiger charge is 2.21. The van der Waals surface area contributed by atoms with Crippen molar-refractivity contribution in [1.82, 2.24) is 4.57 Å². The summed E-state index contributed by atoms with van der Waals surface area (Å²) in [5, 5.41) is 22.4. The van der Waals surface area contributed by atoms with Crippen LogP contribution in [0.5, 0.6) is 5.75 Å². The van der Waals surface area contributed by atoms with E-state index in [1.165, 1.54) is 25.3 Å². The Morgan fingerprint density at radius 3 is 2.47 bits per heavy atom. The van der Waals surface area contributed by atoms with Gasteiger partial charge in [-0.05, 0) is 55.3 Å². The number of methoxy groups -OCH3 is 2. The molecule has 2 aromatic carbocycles. The second-order valence-electron chi connectivity index (χ2n) is 8.22. The largest absolute Gasteiger partial charge is 0.495 e. The molecule has 0 saturated carbocycles. The monoisotopic (exact) mass is 509 g/mol. The van der Waals surface area contributed by atoms with E-state index in [0.29, 0.717) is 40.4 Å². The third-order valence-electron chi connectivity index (χ3n) is 6.05. The van der Waals surface area contributed by atoms with Gasteiger partial charge in [-0.25, -0.2) is 4.79 Å². The highest BCUT2D eigenvalue weighted by Crippen LogP contribution is 2.33. The number of anilines is 1. The van der Waals surface area contributed by atoms with Crippen LogP contribution < -0.4 is 15.6 Å². The van der Waals surface area contributed by atoms with E-state index in [1.807, 2.05) is 6.92 Å². The molecule has 36 heavy (non-hydrogen) atoms. The van der Waals surface area contributed by atoms with Crippen LogP contribution in [0.4, 0.5) is 5.69 Å². The van der Waals surface area contributed by atoms with E-state index in [4.69, 9.17) is 26.2 Å². The topological polar surface area (TPSA) is 114 Å². The van der Waals surface area contributed by atoms with Crippen LogP contribution in [0.25, 0.3) is 11.1 Å². The number of pyridine rings is 1. The Hall–Kier alpha value is -3.80. The average molecular weight is 510 g/mol. The summed E-state index contributed by atoms with van der Waals surface area (Å²) in [6, 6.07) is 14.6. The number of ether oxygens (including phenoxy) is 2. The van der Waals surface area contributed by atoms with Gasteiger partial charge in [0.05, 0.1) is 42.6 Å². The third kappa shape index (κ3) is 6.25. The molecule has 2 unspecified atom stereocenters. The number of hydrogen-bond donors (Lipinski definition) is 2. The second kappa shape index (κ2) is 12.2. The lowest BCUT2D eigenvalue weighted by atomic mass is 10.00. The molecule has 0 amide bonds. The van der Waals surface area contributed by atoms with Gasteiger partial charge >= 0.3 is 5.97 Å². The molecule has 1 heterocycles. The molecule has 0 bridgehead atoms. The number of carboxylic acid groups (broad SMARTS) is 1. The maximum atomic E-state index is 13.4. The molecule has 3 aromatic rings. The zero-order chi connectivity index (χ0) is 26.2. The van der Waals surface area contributed by atoms with Gasteiger partial charge in [0.15, 0.2) is 0 Å². The van der Waals surface area contributed by atoms with Gasteiger partial charge in [0.2, 0.25) is 0 Å². The Morgan fingerprint density at radius 1 is 1.17 bits per heavy atom. The summed E-state index contributed by atoms with van der Waals surface area (Å²) in [4.78, 5) is 24.5. The van der Waals surface area contributed by atoms with E-state index in [1.54, 1.807) is 48.2 Å². The fourth-order valence-corrected chi connectivity index (χ4v) is 4.19. The molecule has 2 N–H and O–H groups in total. The zero-order valence-corrected chi connectivity index (χ0v) is 21.1. The standard InChI is InChI=1S/C27H28ClN3O5/c1-4-22(35-2)12-21(15-30-20-9-6-17(7-10-20)27(33)34)31-16-25(36-3)24(13-26(31)32)23-11-19(28)8-5-18(23)14-29/h5-11,13,16,21-22,30H,4,12,15H2,1-3H3,(H,33,34). The van der Waals surface area contributed by atoms with Crippen LogP contribution in [0.2, 0.25) is 5.02 Å². The Bertz CT molecular complexity index is 1310. The number of aromatic carboxylic acids is 1. The molecule has 9 heteroatoms. The van der Waals surface area contributed by atoms with Gasteiger partial charge in [0.1, 0.15) is 5.75 Å². The highest BCUT2D eigenvalue weighted by molar-refractivity contribution is 6.31. The van der Waals surface area contributed by atoms with Crippen molar-refractivity contribution in [1.29, 1.82) is 5.26 Å². The number of hydrogen-bond acceptors (Lipinski definition) is 6. The minimum absolute atomic E-state index is 0.0816. The number of halogens is 1. The molecule has 2 atom stereocenters. The summed E-state index contributed by atoms with van der Waals surface area (Å²) in [7, 11) is 3.14. The molecule has 8 nitrogen and oxygen atoms in total. The van der Waals surface area contributed by atoms with Crippen LogP contribution in [0.15, 0.2) is 59.5 Å². The maximum absolute atomic E-state index is 13.4. The molecule has 0 aliphatic heterocycles. The van der Waals surface area contributed by atoms with Crippen molar-refractivity contribution in [3.63, 3.8) is 0 Å². The number of nitriles is 1. The van der Waals surface area contributed by atoms with Gasteiger partial charge in [-0.3, -0.25) is 4.79 Å². The Kier molecular flexibility index (Phi) is 9.12. The average Bonchev–Trinajstić information content (AvgIpc) is 2.89. The maximum Gasteiger partial charge on any atom is 0.335 e. The van der Waals surface area contributed by atoms with Gasteiger partial charge in [0, 0.05) is 41.6 Å². The van der Waals surface area contributed by atoms with Crippen LogP contribution in [0.1, 0.15) is 41.7 Å². The molecular weight excluding hydrogens is 482 g/mol.